The molecule has 4 heteroatoms. The Kier molecular flexibility index (Phi) is 5.89. The number of fused-ring (bicyclic) bond motifs is 1. The average molecular weight is 430 g/mol. The van der Waals surface area contributed by atoms with E-state index in [1.54, 1.807) is 18.6 Å². The second kappa shape index (κ2) is 9.45. The van der Waals surface area contributed by atoms with Gasteiger partial charge in [0.25, 0.3) is 5.91 Å². The van der Waals surface area contributed by atoms with Gasteiger partial charge in [0.2, 0.25) is 0 Å². The summed E-state index contributed by atoms with van der Waals surface area (Å²) in [6.45, 7) is 0.961. The van der Waals surface area contributed by atoms with Gasteiger partial charge in [0.05, 0.1) is 11.1 Å². The molecule has 2 aromatic heterocycles. The first-order valence-electron chi connectivity index (χ1n) is 10.9. The van der Waals surface area contributed by atoms with Gasteiger partial charge in [-0.05, 0) is 46.5 Å². The Morgan fingerprint density at radius 2 is 1.45 bits per heavy atom. The van der Waals surface area contributed by atoms with Gasteiger partial charge in [-0.25, -0.2) is 0 Å². The lowest BCUT2D eigenvalue weighted by Crippen LogP contribution is -2.30. The van der Waals surface area contributed by atoms with Crippen LogP contribution in [0, 0.1) is 0 Å². The molecule has 4 nitrogen and oxygen atoms in total. The second-order valence-corrected chi connectivity index (χ2v) is 7.92. The van der Waals surface area contributed by atoms with Crippen molar-refractivity contribution in [3.05, 3.63) is 132 Å². The molecule has 160 valence electrons. The Hall–Kier alpha value is -4.31. The minimum absolute atomic E-state index is 0.0426. The van der Waals surface area contributed by atoms with Gasteiger partial charge in [-0.3, -0.25) is 14.8 Å². The van der Waals surface area contributed by atoms with Crippen molar-refractivity contribution in [3.8, 4) is 11.1 Å². The highest BCUT2D eigenvalue weighted by atomic mass is 16.2. The lowest BCUT2D eigenvalue weighted by molar-refractivity contribution is 0.0732. The molecule has 0 unspecified atom stereocenters. The molecule has 0 radical (unpaired) electrons. The number of carbonyl (C=O) groups is 1. The van der Waals surface area contributed by atoms with Gasteiger partial charge in [0, 0.05) is 37.1 Å². The monoisotopic (exact) mass is 429 g/mol. The Balaban J connectivity index is 1.56. The summed E-state index contributed by atoms with van der Waals surface area (Å²) in [5, 5.41) is 0.955. The molecule has 0 saturated carbocycles. The number of hydrogen-bond donors (Lipinski definition) is 0. The third-order valence-corrected chi connectivity index (χ3v) is 5.74. The van der Waals surface area contributed by atoms with E-state index in [-0.39, 0.29) is 5.91 Å². The summed E-state index contributed by atoms with van der Waals surface area (Å²) in [5.74, 6) is -0.0426. The van der Waals surface area contributed by atoms with Crippen molar-refractivity contribution in [1.82, 2.24) is 14.9 Å². The highest BCUT2D eigenvalue weighted by molar-refractivity contribution is 6.05. The highest BCUT2D eigenvalue weighted by Gasteiger charge is 2.21. The molecule has 0 fully saturated rings. The molecule has 0 saturated heterocycles. The third kappa shape index (κ3) is 4.51. The van der Waals surface area contributed by atoms with Crippen LogP contribution in [-0.4, -0.2) is 20.8 Å². The van der Waals surface area contributed by atoms with Crippen LogP contribution in [0.1, 0.15) is 21.5 Å². The fourth-order valence-corrected chi connectivity index (χ4v) is 4.12. The maximum atomic E-state index is 13.9. The molecule has 0 atom stereocenters. The molecule has 5 rings (SSSR count). The fraction of sp³-hybridized carbons (Fsp3) is 0.0690. The second-order valence-electron chi connectivity index (χ2n) is 7.92. The summed E-state index contributed by atoms with van der Waals surface area (Å²) >= 11 is 0. The SMILES string of the molecule is O=C(c1cccc2cccnc12)N(Cc1ccncc1)Cc1ccccc1-c1ccccc1. The van der Waals surface area contributed by atoms with E-state index in [2.05, 4.69) is 34.2 Å². The minimum atomic E-state index is -0.0426. The Bertz CT molecular complexity index is 1380. The zero-order chi connectivity index (χ0) is 22.5. The molecule has 0 N–H and O–H groups in total. The van der Waals surface area contributed by atoms with Crippen molar-refractivity contribution in [1.29, 1.82) is 0 Å². The van der Waals surface area contributed by atoms with Crippen LogP contribution in [0.25, 0.3) is 22.0 Å². The lowest BCUT2D eigenvalue weighted by Gasteiger charge is -2.25. The van der Waals surface area contributed by atoms with E-state index in [0.29, 0.717) is 18.7 Å². The summed E-state index contributed by atoms with van der Waals surface area (Å²) < 4.78 is 0. The first-order valence-corrected chi connectivity index (χ1v) is 10.9. The first-order chi connectivity index (χ1) is 16.3. The highest BCUT2D eigenvalue weighted by Crippen LogP contribution is 2.26. The van der Waals surface area contributed by atoms with E-state index in [1.165, 1.54) is 0 Å². The van der Waals surface area contributed by atoms with Crippen LogP contribution in [0.15, 0.2) is 116 Å². The molecule has 33 heavy (non-hydrogen) atoms. The number of carbonyl (C=O) groups excluding carboxylic acids is 1. The van der Waals surface area contributed by atoms with E-state index in [4.69, 9.17) is 0 Å². The molecule has 3 aromatic carbocycles. The van der Waals surface area contributed by atoms with Crippen LogP contribution in [0.3, 0.4) is 0 Å². The molecule has 1 amide bonds. The lowest BCUT2D eigenvalue weighted by atomic mass is 9.99. The first kappa shape index (κ1) is 20.6. The standard InChI is InChI=1S/C29H23N3O/c33-29(27-14-6-11-24-12-7-17-31-28(24)27)32(20-22-15-18-30-19-16-22)21-25-10-4-5-13-26(25)23-8-2-1-3-9-23/h1-19H,20-21H2. The fourth-order valence-electron chi connectivity index (χ4n) is 4.12. The Labute approximate surface area is 193 Å². The third-order valence-electron chi connectivity index (χ3n) is 5.74. The maximum absolute atomic E-state index is 13.9. The molecule has 2 heterocycles. The van der Waals surface area contributed by atoms with Gasteiger partial charge >= 0.3 is 0 Å². The maximum Gasteiger partial charge on any atom is 0.256 e. The van der Waals surface area contributed by atoms with Crippen molar-refractivity contribution in [2.75, 3.05) is 0 Å². The molecule has 0 spiro atoms. The van der Waals surface area contributed by atoms with Crippen molar-refractivity contribution < 1.29 is 4.79 Å². The number of rotatable bonds is 6. The zero-order valence-corrected chi connectivity index (χ0v) is 18.1. The van der Waals surface area contributed by atoms with Gasteiger partial charge in [-0.15, -0.1) is 0 Å². The smallest absolute Gasteiger partial charge is 0.256 e. The molecular weight excluding hydrogens is 406 g/mol. The van der Waals surface area contributed by atoms with Gasteiger partial charge in [-0.2, -0.15) is 0 Å². The van der Waals surface area contributed by atoms with Gasteiger partial charge in [-0.1, -0.05) is 72.8 Å². The van der Waals surface area contributed by atoms with Crippen LogP contribution in [0.5, 0.6) is 0 Å². The normalized spacial score (nSPS) is 10.8. The van der Waals surface area contributed by atoms with Gasteiger partial charge in [0.15, 0.2) is 0 Å². The molecule has 0 aliphatic rings. The van der Waals surface area contributed by atoms with E-state index >= 15 is 0 Å². The summed E-state index contributed by atoms with van der Waals surface area (Å²) in [6.07, 6.45) is 5.25. The van der Waals surface area contributed by atoms with E-state index in [0.717, 1.165) is 33.2 Å². The van der Waals surface area contributed by atoms with Crippen LogP contribution in [-0.2, 0) is 13.1 Å². The molecule has 5 aromatic rings. The van der Waals surface area contributed by atoms with Crippen LogP contribution in [0.4, 0.5) is 0 Å². The quantitative estimate of drug-likeness (QED) is 0.326. The topological polar surface area (TPSA) is 46.1 Å². The summed E-state index contributed by atoms with van der Waals surface area (Å²) in [4.78, 5) is 24.4. The van der Waals surface area contributed by atoms with Crippen LogP contribution < -0.4 is 0 Å². The van der Waals surface area contributed by atoms with Crippen molar-refractivity contribution >= 4 is 16.8 Å². The van der Waals surface area contributed by atoms with Gasteiger partial charge in [0.1, 0.15) is 0 Å². The number of para-hydroxylation sites is 1. The molecule has 0 aliphatic carbocycles. The van der Waals surface area contributed by atoms with Crippen LogP contribution in [0.2, 0.25) is 0 Å². The van der Waals surface area contributed by atoms with E-state index in [1.807, 2.05) is 77.7 Å². The summed E-state index contributed by atoms with van der Waals surface area (Å²) in [6, 6.07) is 32.1. The molecular formula is C29H23N3O. The molecule has 0 aliphatic heterocycles. The van der Waals surface area contributed by atoms with Gasteiger partial charge < -0.3 is 4.90 Å². The minimum Gasteiger partial charge on any atom is -0.330 e. The van der Waals surface area contributed by atoms with Crippen molar-refractivity contribution in [2.45, 2.75) is 13.1 Å². The Morgan fingerprint density at radius 1 is 0.697 bits per heavy atom. The average Bonchev–Trinajstić information content (AvgIpc) is 2.89. The largest absolute Gasteiger partial charge is 0.330 e. The van der Waals surface area contributed by atoms with E-state index in [9.17, 15) is 4.79 Å². The number of aromatic nitrogens is 2. The Morgan fingerprint density at radius 3 is 2.30 bits per heavy atom. The predicted octanol–water partition coefficient (Wildman–Crippen LogP) is 6.14. The van der Waals surface area contributed by atoms with Crippen molar-refractivity contribution in [3.63, 3.8) is 0 Å². The zero-order valence-electron chi connectivity index (χ0n) is 18.1. The number of amides is 1. The number of nitrogens with zero attached hydrogens (tertiary/aromatic N) is 3. The summed E-state index contributed by atoms with van der Waals surface area (Å²) in [7, 11) is 0. The summed E-state index contributed by atoms with van der Waals surface area (Å²) in [5.41, 5.74) is 5.72. The predicted molar refractivity (Wildman–Crippen MR) is 131 cm³/mol. The number of hydrogen-bond acceptors (Lipinski definition) is 3. The van der Waals surface area contributed by atoms with E-state index < -0.39 is 0 Å². The van der Waals surface area contributed by atoms with Crippen molar-refractivity contribution in [2.24, 2.45) is 0 Å². The number of pyridine rings is 2. The van der Waals surface area contributed by atoms with Crippen LogP contribution >= 0.6 is 0 Å². The molecule has 0 bridgehead atoms. The number of benzene rings is 3.